The normalized spacial score (nSPS) is 12.2. The van der Waals surface area contributed by atoms with Crippen LogP contribution in [-0.2, 0) is 6.42 Å². The summed E-state index contributed by atoms with van der Waals surface area (Å²) in [5.41, 5.74) is 1.20. The van der Waals surface area contributed by atoms with Gasteiger partial charge in [0.1, 0.15) is 11.2 Å². The van der Waals surface area contributed by atoms with E-state index < -0.39 is 11.5 Å². The van der Waals surface area contributed by atoms with Crippen molar-refractivity contribution in [2.75, 3.05) is 13.2 Å². The lowest BCUT2D eigenvalue weighted by molar-refractivity contribution is 0.0938. The lowest BCUT2D eigenvalue weighted by Crippen LogP contribution is -2.35. The van der Waals surface area contributed by atoms with E-state index in [-0.39, 0.29) is 18.1 Å². The molecule has 0 fully saturated rings. The van der Waals surface area contributed by atoms with E-state index in [9.17, 15) is 14.7 Å². The van der Waals surface area contributed by atoms with Gasteiger partial charge in [-0.25, -0.2) is 4.98 Å². The third-order valence-electron chi connectivity index (χ3n) is 3.77. The number of aliphatic hydroxyl groups excluding tert-OH is 1. The number of pyridine rings is 1. The molecule has 24 heavy (non-hydrogen) atoms. The average molecular weight is 343 g/mol. The van der Waals surface area contributed by atoms with Gasteiger partial charge in [0.05, 0.1) is 0 Å². The maximum absolute atomic E-state index is 12.4. The molecule has 1 atom stereocenters. The molecule has 0 unspecified atom stereocenters. The summed E-state index contributed by atoms with van der Waals surface area (Å²) in [5.74, 6) is -0.575. The number of amides is 1. The molecule has 2 N–H and O–H groups in total. The zero-order valence-electron chi connectivity index (χ0n) is 12.9. The third kappa shape index (κ3) is 3.52. The Morgan fingerprint density at radius 3 is 3.00 bits per heavy atom. The molecule has 0 bridgehead atoms. The summed E-state index contributed by atoms with van der Waals surface area (Å²) in [7, 11) is 0. The van der Waals surface area contributed by atoms with Gasteiger partial charge in [0.15, 0.2) is 0 Å². The van der Waals surface area contributed by atoms with Crippen LogP contribution in [0.15, 0.2) is 52.2 Å². The molecule has 0 aromatic carbocycles. The van der Waals surface area contributed by atoms with Crippen LogP contribution < -0.4 is 10.9 Å². The lowest BCUT2D eigenvalue weighted by atomic mass is 10.0. The maximum atomic E-state index is 12.4. The van der Waals surface area contributed by atoms with E-state index in [0.717, 1.165) is 5.56 Å². The number of nitrogens with one attached hydrogen (secondary N) is 1. The number of carbonyl (C=O) groups is 1. The number of aliphatic hydroxyl groups is 1. The molecule has 0 aliphatic rings. The predicted octanol–water partition coefficient (Wildman–Crippen LogP) is 1.34. The summed E-state index contributed by atoms with van der Waals surface area (Å²) in [6.45, 7) is 0.257. The first-order valence-electron chi connectivity index (χ1n) is 7.55. The largest absolute Gasteiger partial charge is 0.396 e. The Morgan fingerprint density at radius 1 is 1.38 bits per heavy atom. The van der Waals surface area contributed by atoms with Gasteiger partial charge in [-0.2, -0.15) is 11.3 Å². The van der Waals surface area contributed by atoms with E-state index in [1.165, 1.54) is 10.6 Å². The zero-order valence-corrected chi connectivity index (χ0v) is 13.7. The molecule has 3 rings (SSSR count). The molecule has 3 aromatic rings. The molecule has 0 spiro atoms. The van der Waals surface area contributed by atoms with Crippen molar-refractivity contribution in [2.24, 2.45) is 5.92 Å². The number of hydrogen-bond donors (Lipinski definition) is 2. The zero-order chi connectivity index (χ0) is 16.9. The van der Waals surface area contributed by atoms with Crippen molar-refractivity contribution < 1.29 is 9.90 Å². The van der Waals surface area contributed by atoms with Gasteiger partial charge in [-0.1, -0.05) is 6.07 Å². The fourth-order valence-electron chi connectivity index (χ4n) is 2.46. The standard InChI is InChI=1S/C17H17N3O3S/c21-10-13(7-12-4-6-24-11-12)8-19-16(22)14-9-18-15-3-1-2-5-20(15)17(14)23/h1-6,9,11,13,21H,7-8,10H2,(H,19,22)/t13-/m1/s1. The van der Waals surface area contributed by atoms with Crippen molar-refractivity contribution in [2.45, 2.75) is 6.42 Å². The van der Waals surface area contributed by atoms with Gasteiger partial charge in [-0.15, -0.1) is 0 Å². The molecule has 0 saturated carbocycles. The van der Waals surface area contributed by atoms with Crippen LogP contribution in [0.25, 0.3) is 5.65 Å². The second-order valence-electron chi connectivity index (χ2n) is 5.50. The summed E-state index contributed by atoms with van der Waals surface area (Å²) in [6, 6.07) is 7.18. The number of fused-ring (bicyclic) bond motifs is 1. The summed E-state index contributed by atoms with van der Waals surface area (Å²) < 4.78 is 1.34. The van der Waals surface area contributed by atoms with E-state index in [1.54, 1.807) is 35.7 Å². The molecule has 0 saturated heterocycles. The van der Waals surface area contributed by atoms with Crippen molar-refractivity contribution >= 4 is 22.9 Å². The van der Waals surface area contributed by atoms with E-state index in [1.807, 2.05) is 16.8 Å². The van der Waals surface area contributed by atoms with Gasteiger partial charge in [-0.05, 0) is 40.9 Å². The van der Waals surface area contributed by atoms with Crippen molar-refractivity contribution in [1.82, 2.24) is 14.7 Å². The summed E-state index contributed by atoms with van der Waals surface area (Å²) in [4.78, 5) is 28.8. The molecule has 6 nitrogen and oxygen atoms in total. The molecule has 0 aliphatic heterocycles. The van der Waals surface area contributed by atoms with Gasteiger partial charge in [-0.3, -0.25) is 14.0 Å². The second-order valence-corrected chi connectivity index (χ2v) is 6.28. The highest BCUT2D eigenvalue weighted by molar-refractivity contribution is 7.07. The SMILES string of the molecule is O=C(NC[C@H](CO)Cc1ccsc1)c1cnc2ccccn2c1=O. The van der Waals surface area contributed by atoms with Gasteiger partial charge in [0.2, 0.25) is 0 Å². The maximum Gasteiger partial charge on any atom is 0.270 e. The van der Waals surface area contributed by atoms with Gasteiger partial charge in [0, 0.05) is 31.5 Å². The molecule has 3 aromatic heterocycles. The minimum atomic E-state index is -0.477. The quantitative estimate of drug-likeness (QED) is 0.707. The summed E-state index contributed by atoms with van der Waals surface area (Å²) in [5, 5.41) is 16.2. The molecule has 3 heterocycles. The van der Waals surface area contributed by atoms with Crippen molar-refractivity contribution in [3.05, 3.63) is 68.9 Å². The monoisotopic (exact) mass is 343 g/mol. The molecule has 0 aliphatic carbocycles. The van der Waals surface area contributed by atoms with E-state index in [4.69, 9.17) is 0 Å². The smallest absolute Gasteiger partial charge is 0.270 e. The Bertz CT molecular complexity index is 889. The fourth-order valence-corrected chi connectivity index (χ4v) is 3.14. The number of thiophene rings is 1. The first-order valence-corrected chi connectivity index (χ1v) is 8.50. The van der Waals surface area contributed by atoms with Gasteiger partial charge in [0.25, 0.3) is 11.5 Å². The number of rotatable bonds is 6. The van der Waals surface area contributed by atoms with Crippen LogP contribution in [-0.4, -0.2) is 33.6 Å². The average Bonchev–Trinajstić information content (AvgIpc) is 3.12. The predicted molar refractivity (Wildman–Crippen MR) is 92.4 cm³/mol. The molecule has 124 valence electrons. The highest BCUT2D eigenvalue weighted by atomic mass is 32.1. The van der Waals surface area contributed by atoms with Gasteiger partial charge < -0.3 is 10.4 Å². The van der Waals surface area contributed by atoms with Crippen molar-refractivity contribution in [3.8, 4) is 0 Å². The van der Waals surface area contributed by atoms with E-state index >= 15 is 0 Å². The second kappa shape index (κ2) is 7.37. The Hall–Kier alpha value is -2.51. The highest BCUT2D eigenvalue weighted by Gasteiger charge is 2.15. The Labute approximate surface area is 142 Å². The van der Waals surface area contributed by atoms with Crippen LogP contribution in [0.3, 0.4) is 0 Å². The fraction of sp³-hybridized carbons (Fsp3) is 0.235. The first kappa shape index (κ1) is 16.4. The molecular formula is C17H17N3O3S. The van der Waals surface area contributed by atoms with Crippen molar-refractivity contribution in [1.29, 1.82) is 0 Å². The highest BCUT2D eigenvalue weighted by Crippen LogP contribution is 2.12. The Morgan fingerprint density at radius 2 is 2.25 bits per heavy atom. The van der Waals surface area contributed by atoms with Gasteiger partial charge >= 0.3 is 0 Å². The Kier molecular flexibility index (Phi) is 5.02. The Balaban J connectivity index is 1.70. The van der Waals surface area contributed by atoms with Crippen LogP contribution in [0.2, 0.25) is 0 Å². The van der Waals surface area contributed by atoms with Crippen LogP contribution >= 0.6 is 11.3 Å². The minimum Gasteiger partial charge on any atom is -0.396 e. The summed E-state index contributed by atoms with van der Waals surface area (Å²) in [6.07, 6.45) is 3.55. The summed E-state index contributed by atoms with van der Waals surface area (Å²) >= 11 is 1.60. The molecule has 0 radical (unpaired) electrons. The van der Waals surface area contributed by atoms with Crippen LogP contribution in [0.4, 0.5) is 0 Å². The van der Waals surface area contributed by atoms with E-state index in [2.05, 4.69) is 10.3 Å². The lowest BCUT2D eigenvalue weighted by Gasteiger charge is -2.14. The van der Waals surface area contributed by atoms with Crippen molar-refractivity contribution in [3.63, 3.8) is 0 Å². The van der Waals surface area contributed by atoms with Crippen LogP contribution in [0.5, 0.6) is 0 Å². The van der Waals surface area contributed by atoms with E-state index in [0.29, 0.717) is 18.6 Å². The van der Waals surface area contributed by atoms with Crippen LogP contribution in [0.1, 0.15) is 15.9 Å². The first-order chi connectivity index (χ1) is 11.7. The molecule has 7 heteroatoms. The number of aromatic nitrogens is 2. The number of carbonyl (C=O) groups excluding carboxylic acids is 1. The molecule has 1 amide bonds. The molecular weight excluding hydrogens is 326 g/mol. The minimum absolute atomic E-state index is 0.00840. The third-order valence-corrected chi connectivity index (χ3v) is 4.50. The topological polar surface area (TPSA) is 83.7 Å². The van der Waals surface area contributed by atoms with Crippen LogP contribution in [0, 0.1) is 5.92 Å². The number of nitrogens with zero attached hydrogens (tertiary/aromatic N) is 2. The number of hydrogen-bond acceptors (Lipinski definition) is 5.